The maximum absolute atomic E-state index is 14.7. The lowest BCUT2D eigenvalue weighted by Gasteiger charge is -2.41. The van der Waals surface area contributed by atoms with Gasteiger partial charge >= 0.3 is 0 Å². The maximum atomic E-state index is 14.7. The highest BCUT2D eigenvalue weighted by atomic mass is 19.1. The van der Waals surface area contributed by atoms with E-state index in [1.165, 1.54) is 25.7 Å². The molecule has 104 valence electrons. The Kier molecular flexibility index (Phi) is 3.90. The molecule has 18 heavy (non-hydrogen) atoms. The molecule has 2 aliphatic heterocycles. The minimum absolute atomic E-state index is 0.0575. The van der Waals surface area contributed by atoms with Crippen LogP contribution in [0.4, 0.5) is 4.39 Å². The van der Waals surface area contributed by atoms with Gasteiger partial charge in [-0.25, -0.2) is 4.39 Å². The zero-order valence-corrected chi connectivity index (χ0v) is 11.3. The van der Waals surface area contributed by atoms with Crippen molar-refractivity contribution < 1.29 is 9.13 Å². The standard InChI is InChI=1S/C15H26FNO/c16-14(13-5-1-4-9-17-13)12-6-10-18-15(11-12)7-2-3-8-15/h12-14,17H,1-11H2. The first-order valence-electron chi connectivity index (χ1n) is 7.81. The van der Waals surface area contributed by atoms with Gasteiger partial charge in [-0.2, -0.15) is 0 Å². The minimum atomic E-state index is -0.660. The van der Waals surface area contributed by atoms with Crippen molar-refractivity contribution in [3.05, 3.63) is 0 Å². The van der Waals surface area contributed by atoms with Crippen LogP contribution in [0, 0.1) is 5.92 Å². The van der Waals surface area contributed by atoms with Crippen LogP contribution in [0.25, 0.3) is 0 Å². The highest BCUT2D eigenvalue weighted by Crippen LogP contribution is 2.44. The highest BCUT2D eigenvalue weighted by molar-refractivity contribution is 4.95. The fourth-order valence-corrected chi connectivity index (χ4v) is 4.18. The Labute approximate surface area is 110 Å². The molecule has 3 fully saturated rings. The largest absolute Gasteiger partial charge is 0.375 e. The van der Waals surface area contributed by atoms with Gasteiger partial charge in [0, 0.05) is 12.6 Å². The van der Waals surface area contributed by atoms with Gasteiger partial charge in [0.15, 0.2) is 0 Å². The van der Waals surface area contributed by atoms with Crippen molar-refractivity contribution >= 4 is 0 Å². The Morgan fingerprint density at radius 2 is 1.94 bits per heavy atom. The summed E-state index contributed by atoms with van der Waals surface area (Å²) in [7, 11) is 0. The normalized spacial score (nSPS) is 37.8. The third kappa shape index (κ3) is 2.57. The molecule has 3 unspecified atom stereocenters. The smallest absolute Gasteiger partial charge is 0.118 e. The van der Waals surface area contributed by atoms with Crippen LogP contribution in [0.15, 0.2) is 0 Å². The molecule has 3 rings (SSSR count). The number of halogens is 1. The average Bonchev–Trinajstić information content (AvgIpc) is 2.87. The van der Waals surface area contributed by atoms with E-state index in [1.807, 2.05) is 0 Å². The Balaban J connectivity index is 1.60. The summed E-state index contributed by atoms with van der Waals surface area (Å²) in [5.74, 6) is 0.229. The summed E-state index contributed by atoms with van der Waals surface area (Å²) < 4.78 is 20.7. The first-order valence-corrected chi connectivity index (χ1v) is 7.81. The lowest BCUT2D eigenvalue weighted by Crippen LogP contribution is -2.48. The van der Waals surface area contributed by atoms with Gasteiger partial charge in [0.1, 0.15) is 6.17 Å². The van der Waals surface area contributed by atoms with Crippen LogP contribution in [-0.4, -0.2) is 31.0 Å². The summed E-state index contributed by atoms with van der Waals surface area (Å²) in [5.41, 5.74) is 0.0575. The molecule has 3 heteroatoms. The topological polar surface area (TPSA) is 21.3 Å². The van der Waals surface area contributed by atoms with Gasteiger partial charge in [-0.3, -0.25) is 0 Å². The van der Waals surface area contributed by atoms with Crippen LogP contribution in [0.1, 0.15) is 57.8 Å². The van der Waals surface area contributed by atoms with E-state index >= 15 is 0 Å². The van der Waals surface area contributed by atoms with Crippen LogP contribution in [0.2, 0.25) is 0 Å². The maximum Gasteiger partial charge on any atom is 0.118 e. The summed E-state index contributed by atoms with van der Waals surface area (Å²) in [5, 5.41) is 3.38. The molecule has 2 heterocycles. The molecular weight excluding hydrogens is 229 g/mol. The molecule has 3 aliphatic rings. The number of alkyl halides is 1. The van der Waals surface area contributed by atoms with E-state index in [9.17, 15) is 4.39 Å². The van der Waals surface area contributed by atoms with Crippen LogP contribution in [0.5, 0.6) is 0 Å². The molecule has 2 nitrogen and oxygen atoms in total. The molecule has 2 saturated heterocycles. The molecule has 0 amide bonds. The first kappa shape index (κ1) is 12.9. The monoisotopic (exact) mass is 255 g/mol. The molecule has 1 spiro atoms. The SMILES string of the molecule is FC(C1CCOC2(CCCC2)C1)C1CCCCN1. The summed E-state index contributed by atoms with van der Waals surface area (Å²) >= 11 is 0. The Morgan fingerprint density at radius 1 is 1.11 bits per heavy atom. The van der Waals surface area contributed by atoms with E-state index in [1.54, 1.807) is 0 Å². The summed E-state index contributed by atoms with van der Waals surface area (Å²) in [4.78, 5) is 0. The van der Waals surface area contributed by atoms with E-state index in [0.29, 0.717) is 0 Å². The van der Waals surface area contributed by atoms with E-state index in [2.05, 4.69) is 5.32 Å². The second-order valence-corrected chi connectivity index (χ2v) is 6.49. The van der Waals surface area contributed by atoms with E-state index < -0.39 is 6.17 Å². The molecule has 1 aliphatic carbocycles. The van der Waals surface area contributed by atoms with Gasteiger partial charge in [0.25, 0.3) is 0 Å². The van der Waals surface area contributed by atoms with Crippen molar-refractivity contribution in [2.75, 3.05) is 13.2 Å². The van der Waals surface area contributed by atoms with Gasteiger partial charge in [0.05, 0.1) is 5.60 Å². The number of ether oxygens (including phenoxy) is 1. The minimum Gasteiger partial charge on any atom is -0.375 e. The molecule has 0 aromatic heterocycles. The lowest BCUT2D eigenvalue weighted by atomic mass is 9.79. The second kappa shape index (κ2) is 5.46. The average molecular weight is 255 g/mol. The highest BCUT2D eigenvalue weighted by Gasteiger charge is 2.43. The fraction of sp³-hybridized carbons (Fsp3) is 1.00. The predicted molar refractivity (Wildman–Crippen MR) is 70.4 cm³/mol. The second-order valence-electron chi connectivity index (χ2n) is 6.49. The Hall–Kier alpha value is -0.150. The van der Waals surface area contributed by atoms with Crippen LogP contribution in [0.3, 0.4) is 0 Å². The molecule has 3 atom stereocenters. The molecular formula is C15H26FNO. The van der Waals surface area contributed by atoms with Gasteiger partial charge < -0.3 is 10.1 Å². The van der Waals surface area contributed by atoms with Crippen molar-refractivity contribution in [1.82, 2.24) is 5.32 Å². The van der Waals surface area contributed by atoms with Crippen LogP contribution in [-0.2, 0) is 4.74 Å². The van der Waals surface area contributed by atoms with Crippen molar-refractivity contribution in [2.24, 2.45) is 5.92 Å². The van der Waals surface area contributed by atoms with Crippen LogP contribution >= 0.6 is 0 Å². The molecule has 0 radical (unpaired) electrons. The molecule has 1 N–H and O–H groups in total. The summed E-state index contributed by atoms with van der Waals surface area (Å²) in [6, 6.07) is 0.111. The van der Waals surface area contributed by atoms with Gasteiger partial charge in [-0.05, 0) is 51.0 Å². The first-order chi connectivity index (χ1) is 8.79. The van der Waals surface area contributed by atoms with Gasteiger partial charge in [-0.1, -0.05) is 19.3 Å². The van der Waals surface area contributed by atoms with Gasteiger partial charge in [0.2, 0.25) is 0 Å². The number of rotatable bonds is 2. The number of piperidine rings is 1. The Morgan fingerprint density at radius 3 is 2.67 bits per heavy atom. The van der Waals surface area contributed by atoms with Crippen molar-refractivity contribution in [3.8, 4) is 0 Å². The molecule has 0 aromatic rings. The summed E-state index contributed by atoms with van der Waals surface area (Å²) in [6.45, 7) is 1.78. The zero-order chi connectivity index (χ0) is 12.4. The van der Waals surface area contributed by atoms with Crippen LogP contribution < -0.4 is 5.32 Å². The fourth-order valence-electron chi connectivity index (χ4n) is 4.18. The quantitative estimate of drug-likeness (QED) is 0.818. The third-order valence-electron chi connectivity index (χ3n) is 5.23. The molecule has 1 saturated carbocycles. The lowest BCUT2D eigenvalue weighted by molar-refractivity contribution is -0.107. The van der Waals surface area contributed by atoms with Crippen molar-refractivity contribution in [1.29, 1.82) is 0 Å². The third-order valence-corrected chi connectivity index (χ3v) is 5.23. The Bertz CT molecular complexity index is 272. The van der Waals surface area contributed by atoms with E-state index in [-0.39, 0.29) is 17.6 Å². The van der Waals surface area contributed by atoms with Crippen molar-refractivity contribution in [3.63, 3.8) is 0 Å². The van der Waals surface area contributed by atoms with Gasteiger partial charge in [-0.15, -0.1) is 0 Å². The number of hydrogen-bond acceptors (Lipinski definition) is 2. The predicted octanol–water partition coefficient (Wildman–Crippen LogP) is 3.21. The van der Waals surface area contributed by atoms with E-state index in [0.717, 1.165) is 45.3 Å². The van der Waals surface area contributed by atoms with E-state index in [4.69, 9.17) is 4.74 Å². The number of nitrogens with one attached hydrogen (secondary N) is 1. The molecule has 0 aromatic carbocycles. The zero-order valence-electron chi connectivity index (χ0n) is 11.3. The number of hydrogen-bond donors (Lipinski definition) is 1. The summed E-state index contributed by atoms with van der Waals surface area (Å²) in [6.07, 6.45) is 9.50. The van der Waals surface area contributed by atoms with Crippen molar-refractivity contribution in [2.45, 2.75) is 75.6 Å². The molecule has 0 bridgehead atoms.